The highest BCUT2D eigenvalue weighted by Gasteiger charge is 2.13. The number of hydrogen-bond donors (Lipinski definition) is 0. The average molecular weight is 264 g/mol. The van der Waals surface area contributed by atoms with Gasteiger partial charge >= 0.3 is 0 Å². The van der Waals surface area contributed by atoms with Crippen LogP contribution >= 0.6 is 36.5 Å². The molecule has 0 atom stereocenters. The van der Waals surface area contributed by atoms with Crippen molar-refractivity contribution in [3.8, 4) is 0 Å². The first-order valence-electron chi connectivity index (χ1n) is 2.22. The molecule has 0 aliphatic heterocycles. The molecule has 0 radical (unpaired) electrons. The zero-order valence-electron chi connectivity index (χ0n) is 5.11. The Kier molecular flexibility index (Phi) is 4.09. The molecule has 0 rings (SSSR count). The highest BCUT2D eigenvalue weighted by Crippen LogP contribution is 2.55. The van der Waals surface area contributed by atoms with Crippen LogP contribution in [0.5, 0.6) is 0 Å². The lowest BCUT2D eigenvalue weighted by atomic mass is 10.2. The molecular formula is C4H9Br2OP. The molecular weight excluding hydrogens is 255 g/mol. The van der Waals surface area contributed by atoms with Crippen molar-refractivity contribution in [2.24, 2.45) is 0 Å². The van der Waals surface area contributed by atoms with Gasteiger partial charge in [0.25, 0.3) is 0 Å². The predicted octanol–water partition coefficient (Wildman–Crippen LogP) is 3.82. The second kappa shape index (κ2) is 3.50. The summed E-state index contributed by atoms with van der Waals surface area (Å²) in [6.07, 6.45) is 0. The third-order valence-electron chi connectivity index (χ3n) is 0.343. The lowest BCUT2D eigenvalue weighted by Crippen LogP contribution is -2.13. The van der Waals surface area contributed by atoms with E-state index in [-0.39, 0.29) is 5.60 Å². The smallest absolute Gasteiger partial charge is 0.171 e. The molecule has 0 fully saturated rings. The maximum absolute atomic E-state index is 5.34. The molecule has 0 amide bonds. The maximum atomic E-state index is 5.34. The van der Waals surface area contributed by atoms with E-state index in [4.69, 9.17) is 4.52 Å². The van der Waals surface area contributed by atoms with Gasteiger partial charge in [-0.05, 0) is 51.7 Å². The lowest BCUT2D eigenvalue weighted by Gasteiger charge is -2.19. The molecule has 4 heteroatoms. The van der Waals surface area contributed by atoms with E-state index in [0.717, 1.165) is 0 Å². The SMILES string of the molecule is CC(C)(C)OP(Br)Br. The van der Waals surface area contributed by atoms with Gasteiger partial charge in [0.2, 0.25) is 0 Å². The van der Waals surface area contributed by atoms with E-state index in [1.165, 1.54) is 0 Å². The highest BCUT2D eigenvalue weighted by atomic mass is 79.9. The quantitative estimate of drug-likeness (QED) is 0.654. The Hall–Kier alpha value is 1.35. The van der Waals surface area contributed by atoms with Gasteiger partial charge in [-0.1, -0.05) is 0 Å². The fourth-order valence-corrected chi connectivity index (χ4v) is 3.23. The van der Waals surface area contributed by atoms with E-state index >= 15 is 0 Å². The summed E-state index contributed by atoms with van der Waals surface area (Å²) in [6.45, 7) is 6.06. The van der Waals surface area contributed by atoms with E-state index in [1.807, 2.05) is 20.8 Å². The Morgan fingerprint density at radius 3 is 1.62 bits per heavy atom. The fraction of sp³-hybridized carbons (Fsp3) is 1.00. The van der Waals surface area contributed by atoms with Crippen LogP contribution in [0.2, 0.25) is 0 Å². The Labute approximate surface area is 67.5 Å². The number of halogens is 2. The Balaban J connectivity index is 3.39. The summed E-state index contributed by atoms with van der Waals surface area (Å²) in [5.41, 5.74) is -0.606. The molecule has 0 saturated carbocycles. The topological polar surface area (TPSA) is 9.23 Å². The first-order chi connectivity index (χ1) is 3.42. The van der Waals surface area contributed by atoms with E-state index in [9.17, 15) is 0 Å². The van der Waals surface area contributed by atoms with Crippen LogP contribution in [0.3, 0.4) is 0 Å². The largest absolute Gasteiger partial charge is 0.333 e. The molecule has 0 aromatic carbocycles. The molecule has 0 unspecified atom stereocenters. The summed E-state index contributed by atoms with van der Waals surface area (Å²) >= 11 is 6.54. The second-order valence-electron chi connectivity index (χ2n) is 2.41. The second-order valence-corrected chi connectivity index (χ2v) is 9.71. The molecule has 0 N–H and O–H groups in total. The van der Waals surface area contributed by atoms with Gasteiger partial charge in [0.05, 0.1) is 5.60 Å². The monoisotopic (exact) mass is 262 g/mol. The van der Waals surface area contributed by atoms with E-state index in [2.05, 4.69) is 31.0 Å². The number of rotatable bonds is 1. The lowest BCUT2D eigenvalue weighted by molar-refractivity contribution is 0.160. The van der Waals surface area contributed by atoms with Crippen molar-refractivity contribution in [1.29, 1.82) is 0 Å². The molecule has 0 bridgehead atoms. The van der Waals surface area contributed by atoms with Crippen molar-refractivity contribution < 1.29 is 4.52 Å². The average Bonchev–Trinajstić information content (AvgIpc) is 1.21. The van der Waals surface area contributed by atoms with Crippen molar-refractivity contribution in [3.63, 3.8) is 0 Å². The van der Waals surface area contributed by atoms with Crippen LogP contribution in [-0.2, 0) is 4.52 Å². The Morgan fingerprint density at radius 2 is 1.62 bits per heavy atom. The third-order valence-corrected chi connectivity index (χ3v) is 1.90. The van der Waals surface area contributed by atoms with Crippen LogP contribution in [0.1, 0.15) is 20.8 Å². The van der Waals surface area contributed by atoms with Crippen LogP contribution < -0.4 is 0 Å². The van der Waals surface area contributed by atoms with Gasteiger partial charge in [-0.2, -0.15) is 0 Å². The first kappa shape index (κ1) is 9.35. The molecule has 0 heterocycles. The molecule has 0 aromatic rings. The van der Waals surface area contributed by atoms with Gasteiger partial charge in [-0.25, -0.2) is 0 Å². The van der Waals surface area contributed by atoms with Gasteiger partial charge < -0.3 is 4.52 Å². The molecule has 0 aromatic heterocycles. The van der Waals surface area contributed by atoms with Gasteiger partial charge in [0, 0.05) is 0 Å². The molecule has 0 saturated heterocycles. The third kappa shape index (κ3) is 7.35. The van der Waals surface area contributed by atoms with Crippen LogP contribution in [0, 0.1) is 0 Å². The normalized spacial score (nSPS) is 12.8. The summed E-state index contributed by atoms with van der Waals surface area (Å²) in [5.74, 6) is 0. The van der Waals surface area contributed by atoms with Crippen LogP contribution in [0.4, 0.5) is 0 Å². The summed E-state index contributed by atoms with van der Waals surface area (Å²) in [4.78, 5) is 0. The van der Waals surface area contributed by atoms with Crippen molar-refractivity contribution >= 4 is 36.5 Å². The van der Waals surface area contributed by atoms with Gasteiger partial charge in [-0.15, -0.1) is 0 Å². The highest BCUT2D eigenvalue weighted by molar-refractivity contribution is 9.68. The zero-order valence-corrected chi connectivity index (χ0v) is 9.18. The predicted molar refractivity (Wildman–Crippen MR) is 45.6 cm³/mol. The van der Waals surface area contributed by atoms with Gasteiger partial charge in [0.15, 0.2) is 5.55 Å². The standard InChI is InChI=1S/C4H9Br2OP/c1-4(2,3)7-8(5)6/h1-3H3. The van der Waals surface area contributed by atoms with Gasteiger partial charge in [0.1, 0.15) is 0 Å². The van der Waals surface area contributed by atoms with Gasteiger partial charge in [-0.3, -0.25) is 0 Å². The molecule has 0 aliphatic rings. The Morgan fingerprint density at radius 1 is 1.25 bits per heavy atom. The summed E-state index contributed by atoms with van der Waals surface area (Å²) in [7, 11) is 0. The summed E-state index contributed by atoms with van der Waals surface area (Å²) in [6, 6.07) is 0. The van der Waals surface area contributed by atoms with Crippen molar-refractivity contribution in [2.75, 3.05) is 0 Å². The molecule has 0 aliphatic carbocycles. The maximum Gasteiger partial charge on any atom is 0.171 e. The Bertz CT molecular complexity index is 68.9. The summed E-state index contributed by atoms with van der Waals surface area (Å²) < 4.78 is 5.34. The van der Waals surface area contributed by atoms with Crippen LogP contribution in [-0.4, -0.2) is 5.60 Å². The number of hydrogen-bond acceptors (Lipinski definition) is 1. The fourth-order valence-electron chi connectivity index (χ4n) is 0.207. The molecule has 0 spiro atoms. The van der Waals surface area contributed by atoms with Crippen LogP contribution in [0.15, 0.2) is 0 Å². The summed E-state index contributed by atoms with van der Waals surface area (Å²) in [5, 5.41) is 0. The van der Waals surface area contributed by atoms with E-state index < -0.39 is 5.55 Å². The molecule has 8 heavy (non-hydrogen) atoms. The minimum absolute atomic E-state index is 0.0430. The first-order valence-corrected chi connectivity index (χ1v) is 7.52. The minimum Gasteiger partial charge on any atom is -0.333 e. The van der Waals surface area contributed by atoms with Crippen LogP contribution in [0.25, 0.3) is 0 Å². The van der Waals surface area contributed by atoms with E-state index in [0.29, 0.717) is 0 Å². The van der Waals surface area contributed by atoms with Crippen molar-refractivity contribution in [3.05, 3.63) is 0 Å². The zero-order chi connectivity index (χ0) is 6.78. The minimum atomic E-state index is -0.564. The molecule has 50 valence electrons. The van der Waals surface area contributed by atoms with E-state index in [1.54, 1.807) is 0 Å². The van der Waals surface area contributed by atoms with Crippen molar-refractivity contribution in [2.45, 2.75) is 26.4 Å². The van der Waals surface area contributed by atoms with Crippen molar-refractivity contribution in [1.82, 2.24) is 0 Å². The molecule has 1 nitrogen and oxygen atoms in total.